The Morgan fingerprint density at radius 3 is 2.82 bits per heavy atom. The highest BCUT2D eigenvalue weighted by molar-refractivity contribution is 5.30. The molecule has 0 fully saturated rings. The van der Waals surface area contributed by atoms with Gasteiger partial charge in [0, 0.05) is 6.20 Å². The molecule has 0 aliphatic carbocycles. The number of halogens is 1. The minimum absolute atomic E-state index is 0.0701. The molecule has 0 saturated carbocycles. The smallest absolute Gasteiger partial charge is 0.147 e. The molecule has 1 aromatic carbocycles. The van der Waals surface area contributed by atoms with Crippen molar-refractivity contribution < 1.29 is 9.50 Å². The van der Waals surface area contributed by atoms with Gasteiger partial charge in [-0.05, 0) is 29.7 Å². The average molecular weight is 231 g/mol. The second-order valence-corrected chi connectivity index (χ2v) is 3.87. The second-order valence-electron chi connectivity index (χ2n) is 3.87. The number of pyridine rings is 1. The SMILES string of the molecule is CCc1cccc(C(O)c2ncccc2F)c1. The van der Waals surface area contributed by atoms with E-state index < -0.39 is 11.9 Å². The van der Waals surface area contributed by atoms with Crippen LogP contribution in [0.15, 0.2) is 42.6 Å². The van der Waals surface area contributed by atoms with E-state index in [1.807, 2.05) is 25.1 Å². The molecule has 1 aromatic heterocycles. The number of rotatable bonds is 3. The first-order valence-electron chi connectivity index (χ1n) is 5.59. The van der Waals surface area contributed by atoms with Gasteiger partial charge in [0.2, 0.25) is 0 Å². The van der Waals surface area contributed by atoms with Crippen LogP contribution in [0.3, 0.4) is 0 Å². The number of aryl methyl sites for hydroxylation is 1. The van der Waals surface area contributed by atoms with Crippen molar-refractivity contribution in [2.75, 3.05) is 0 Å². The Kier molecular flexibility index (Phi) is 3.49. The summed E-state index contributed by atoms with van der Waals surface area (Å²) in [6.45, 7) is 2.03. The van der Waals surface area contributed by atoms with Crippen molar-refractivity contribution in [1.82, 2.24) is 4.98 Å². The molecule has 0 spiro atoms. The van der Waals surface area contributed by atoms with E-state index in [4.69, 9.17) is 0 Å². The third-order valence-electron chi connectivity index (χ3n) is 2.72. The number of hydrogen-bond donors (Lipinski definition) is 1. The summed E-state index contributed by atoms with van der Waals surface area (Å²) in [5.74, 6) is -0.484. The highest BCUT2D eigenvalue weighted by atomic mass is 19.1. The molecule has 1 unspecified atom stereocenters. The number of nitrogens with zero attached hydrogens (tertiary/aromatic N) is 1. The predicted octanol–water partition coefficient (Wildman–Crippen LogP) is 2.86. The predicted molar refractivity (Wildman–Crippen MR) is 64.1 cm³/mol. The Balaban J connectivity index is 2.37. The van der Waals surface area contributed by atoms with Crippen molar-refractivity contribution in [3.63, 3.8) is 0 Å². The van der Waals surface area contributed by atoms with Gasteiger partial charge in [-0.1, -0.05) is 31.2 Å². The van der Waals surface area contributed by atoms with Gasteiger partial charge < -0.3 is 5.11 Å². The summed E-state index contributed by atoms with van der Waals surface area (Å²) in [5.41, 5.74) is 1.85. The molecule has 2 aromatic rings. The summed E-state index contributed by atoms with van der Waals surface area (Å²) in [4.78, 5) is 3.89. The van der Waals surface area contributed by atoms with Crippen molar-refractivity contribution in [1.29, 1.82) is 0 Å². The fraction of sp³-hybridized carbons (Fsp3) is 0.214. The Labute approximate surface area is 99.8 Å². The summed E-state index contributed by atoms with van der Waals surface area (Å²) >= 11 is 0. The van der Waals surface area contributed by atoms with E-state index in [1.54, 1.807) is 6.07 Å². The molecule has 0 aliphatic rings. The van der Waals surface area contributed by atoms with Crippen molar-refractivity contribution in [3.05, 3.63) is 65.2 Å². The van der Waals surface area contributed by atoms with Crippen LogP contribution in [0, 0.1) is 5.82 Å². The molecule has 0 saturated heterocycles. The van der Waals surface area contributed by atoms with Crippen LogP contribution in [0.5, 0.6) is 0 Å². The van der Waals surface area contributed by atoms with Gasteiger partial charge >= 0.3 is 0 Å². The van der Waals surface area contributed by atoms with E-state index in [9.17, 15) is 9.50 Å². The average Bonchev–Trinajstić information content (AvgIpc) is 2.38. The van der Waals surface area contributed by atoms with Crippen LogP contribution in [-0.2, 0) is 6.42 Å². The first-order chi connectivity index (χ1) is 8.22. The van der Waals surface area contributed by atoms with Gasteiger partial charge in [-0.25, -0.2) is 4.39 Å². The molecule has 0 radical (unpaired) electrons. The zero-order valence-corrected chi connectivity index (χ0v) is 9.60. The molecule has 17 heavy (non-hydrogen) atoms. The lowest BCUT2D eigenvalue weighted by Crippen LogP contribution is -2.05. The van der Waals surface area contributed by atoms with Gasteiger partial charge in [0.1, 0.15) is 17.6 Å². The zero-order valence-electron chi connectivity index (χ0n) is 9.60. The normalized spacial score (nSPS) is 12.4. The highest BCUT2D eigenvalue weighted by Crippen LogP contribution is 2.23. The van der Waals surface area contributed by atoms with Crippen LogP contribution in [0.2, 0.25) is 0 Å². The topological polar surface area (TPSA) is 33.1 Å². The summed E-state index contributed by atoms with van der Waals surface area (Å²) in [6.07, 6.45) is 1.35. The van der Waals surface area contributed by atoms with Gasteiger partial charge in [-0.15, -0.1) is 0 Å². The van der Waals surface area contributed by atoms with Crippen LogP contribution in [-0.4, -0.2) is 10.1 Å². The molecule has 0 bridgehead atoms. The minimum Gasteiger partial charge on any atom is -0.382 e. The molecule has 88 valence electrons. The Hall–Kier alpha value is -1.74. The molecule has 1 heterocycles. The van der Waals surface area contributed by atoms with Gasteiger partial charge in [0.15, 0.2) is 0 Å². The lowest BCUT2D eigenvalue weighted by atomic mass is 10.0. The van der Waals surface area contributed by atoms with Crippen LogP contribution in [0.1, 0.15) is 29.8 Å². The largest absolute Gasteiger partial charge is 0.382 e. The van der Waals surface area contributed by atoms with Crippen molar-refractivity contribution >= 4 is 0 Å². The van der Waals surface area contributed by atoms with Crippen LogP contribution in [0.25, 0.3) is 0 Å². The molecule has 0 amide bonds. The van der Waals surface area contributed by atoms with E-state index in [0.717, 1.165) is 12.0 Å². The third kappa shape index (κ3) is 2.50. The van der Waals surface area contributed by atoms with E-state index in [2.05, 4.69) is 4.98 Å². The maximum atomic E-state index is 13.5. The number of hydrogen-bond acceptors (Lipinski definition) is 2. The highest BCUT2D eigenvalue weighted by Gasteiger charge is 2.16. The monoisotopic (exact) mass is 231 g/mol. The molecule has 2 rings (SSSR count). The molecule has 3 heteroatoms. The number of aliphatic hydroxyl groups excluding tert-OH is 1. The summed E-state index contributed by atoms with van der Waals surface area (Å²) in [5, 5.41) is 10.1. The number of aliphatic hydroxyl groups is 1. The minimum atomic E-state index is -1.01. The molecule has 0 aliphatic heterocycles. The number of benzene rings is 1. The van der Waals surface area contributed by atoms with Gasteiger partial charge in [-0.3, -0.25) is 4.98 Å². The fourth-order valence-electron chi connectivity index (χ4n) is 1.74. The quantitative estimate of drug-likeness (QED) is 0.881. The fourth-order valence-corrected chi connectivity index (χ4v) is 1.74. The maximum Gasteiger partial charge on any atom is 0.147 e. The molecular formula is C14H14FNO. The standard InChI is InChI=1S/C14H14FNO/c1-2-10-5-3-6-11(9-10)14(17)13-12(15)7-4-8-16-13/h3-9,14,17H,2H2,1H3. The second kappa shape index (κ2) is 5.06. The number of aromatic nitrogens is 1. The van der Waals surface area contributed by atoms with Crippen LogP contribution < -0.4 is 0 Å². The third-order valence-corrected chi connectivity index (χ3v) is 2.72. The lowest BCUT2D eigenvalue weighted by molar-refractivity contribution is 0.209. The van der Waals surface area contributed by atoms with Crippen molar-refractivity contribution in [2.24, 2.45) is 0 Å². The van der Waals surface area contributed by atoms with Crippen LogP contribution in [0.4, 0.5) is 4.39 Å². The first-order valence-corrected chi connectivity index (χ1v) is 5.59. The Morgan fingerprint density at radius 1 is 1.29 bits per heavy atom. The Bertz CT molecular complexity index is 513. The van der Waals surface area contributed by atoms with E-state index in [0.29, 0.717) is 5.56 Å². The van der Waals surface area contributed by atoms with E-state index >= 15 is 0 Å². The molecular weight excluding hydrogens is 217 g/mol. The van der Waals surface area contributed by atoms with Crippen molar-refractivity contribution in [2.45, 2.75) is 19.4 Å². The summed E-state index contributed by atoms with van der Waals surface area (Å²) in [7, 11) is 0. The van der Waals surface area contributed by atoms with Gasteiger partial charge in [-0.2, -0.15) is 0 Å². The summed E-state index contributed by atoms with van der Waals surface area (Å²) < 4.78 is 13.5. The maximum absolute atomic E-state index is 13.5. The molecule has 2 nitrogen and oxygen atoms in total. The first kappa shape index (κ1) is 11.7. The summed E-state index contributed by atoms with van der Waals surface area (Å²) in [6, 6.07) is 10.3. The van der Waals surface area contributed by atoms with Crippen molar-refractivity contribution in [3.8, 4) is 0 Å². The van der Waals surface area contributed by atoms with E-state index in [1.165, 1.54) is 18.3 Å². The molecule has 1 atom stereocenters. The van der Waals surface area contributed by atoms with Gasteiger partial charge in [0.25, 0.3) is 0 Å². The van der Waals surface area contributed by atoms with Crippen LogP contribution >= 0.6 is 0 Å². The molecule has 1 N–H and O–H groups in total. The lowest BCUT2D eigenvalue weighted by Gasteiger charge is -2.12. The Morgan fingerprint density at radius 2 is 2.12 bits per heavy atom. The van der Waals surface area contributed by atoms with Gasteiger partial charge in [0.05, 0.1) is 0 Å². The zero-order chi connectivity index (χ0) is 12.3. The van der Waals surface area contributed by atoms with E-state index in [-0.39, 0.29) is 5.69 Å².